The first-order chi connectivity index (χ1) is 11.7. The first kappa shape index (κ1) is 20.3. The summed E-state index contributed by atoms with van der Waals surface area (Å²) >= 11 is 4.56. The van der Waals surface area contributed by atoms with Crippen molar-refractivity contribution in [3.63, 3.8) is 0 Å². The van der Waals surface area contributed by atoms with Gasteiger partial charge in [0.2, 0.25) is 0 Å². The maximum atomic E-state index is 11.7. The van der Waals surface area contributed by atoms with Crippen molar-refractivity contribution in [3.05, 3.63) is 35.4 Å². The van der Waals surface area contributed by atoms with E-state index in [1.807, 2.05) is 20.8 Å². The van der Waals surface area contributed by atoms with Crippen molar-refractivity contribution >= 4 is 40.8 Å². The molecule has 0 saturated carbocycles. The van der Waals surface area contributed by atoms with E-state index in [1.165, 1.54) is 34.2 Å². The Morgan fingerprint density at radius 1 is 1.12 bits per heavy atom. The Morgan fingerprint density at radius 2 is 1.72 bits per heavy atom. The van der Waals surface area contributed by atoms with Crippen LogP contribution < -0.4 is 0 Å². The molecule has 0 aliphatic rings. The molecule has 1 aromatic carbocycles. The van der Waals surface area contributed by atoms with Crippen molar-refractivity contribution in [1.82, 2.24) is 10.2 Å². The zero-order valence-electron chi connectivity index (χ0n) is 15.2. The van der Waals surface area contributed by atoms with E-state index in [0.29, 0.717) is 5.92 Å². The van der Waals surface area contributed by atoms with Crippen LogP contribution in [0, 0.1) is 0 Å². The van der Waals surface area contributed by atoms with Gasteiger partial charge in [-0.2, -0.15) is 0 Å². The van der Waals surface area contributed by atoms with Gasteiger partial charge in [0, 0.05) is 5.75 Å². The topological polar surface area (TPSA) is 52.1 Å². The minimum Gasteiger partial charge on any atom is -0.459 e. The minimum atomic E-state index is -0.453. The lowest BCUT2D eigenvalue weighted by atomic mass is 10.0. The molecule has 0 amide bonds. The number of ether oxygens (including phenoxy) is 1. The number of carbonyl (C=O) groups is 1. The Labute approximate surface area is 162 Å². The van der Waals surface area contributed by atoms with Gasteiger partial charge in [-0.05, 0) is 37.8 Å². The van der Waals surface area contributed by atoms with E-state index < -0.39 is 5.60 Å². The van der Waals surface area contributed by atoms with E-state index in [0.717, 1.165) is 14.4 Å². The predicted octanol–water partition coefficient (Wildman–Crippen LogP) is 5.39. The second kappa shape index (κ2) is 9.05. The quantitative estimate of drug-likeness (QED) is 0.462. The van der Waals surface area contributed by atoms with E-state index in [2.05, 4.69) is 48.3 Å². The molecule has 1 heterocycles. The van der Waals surface area contributed by atoms with Crippen LogP contribution in [0.3, 0.4) is 0 Å². The summed E-state index contributed by atoms with van der Waals surface area (Å²) in [5, 5.41) is 8.33. The number of rotatable bonds is 7. The summed E-state index contributed by atoms with van der Waals surface area (Å²) in [4.78, 5) is 11.7. The molecule has 0 aliphatic heterocycles. The summed E-state index contributed by atoms with van der Waals surface area (Å²) in [5.41, 5.74) is 2.17. The number of hydrogen-bond donors (Lipinski definition) is 0. The molecule has 1 aromatic heterocycles. The van der Waals surface area contributed by atoms with Crippen molar-refractivity contribution in [1.29, 1.82) is 0 Å². The van der Waals surface area contributed by atoms with Crippen molar-refractivity contribution < 1.29 is 9.53 Å². The normalized spacial score (nSPS) is 11.8. The van der Waals surface area contributed by atoms with Crippen molar-refractivity contribution in [2.24, 2.45) is 0 Å². The zero-order valence-corrected chi connectivity index (χ0v) is 17.7. The summed E-state index contributed by atoms with van der Waals surface area (Å²) < 4.78 is 7.00. The van der Waals surface area contributed by atoms with Crippen LogP contribution in [0.4, 0.5) is 0 Å². The first-order valence-electron chi connectivity index (χ1n) is 8.13. The SMILES string of the molecule is CC(C)c1ccc(CSc2nnc(SCC(=O)OC(C)(C)C)s2)cc1. The number of hydrogen-bond acceptors (Lipinski definition) is 7. The van der Waals surface area contributed by atoms with Gasteiger partial charge < -0.3 is 4.74 Å². The number of carbonyl (C=O) groups excluding carboxylic acids is 1. The summed E-state index contributed by atoms with van der Waals surface area (Å²) in [6.45, 7) is 9.98. The Balaban J connectivity index is 1.80. The molecule has 0 spiro atoms. The third-order valence-electron chi connectivity index (χ3n) is 3.13. The number of nitrogens with zero attached hydrogens (tertiary/aromatic N) is 2. The van der Waals surface area contributed by atoms with Gasteiger partial charge in [0.1, 0.15) is 5.60 Å². The van der Waals surface area contributed by atoms with Crippen LogP contribution in [0.15, 0.2) is 32.9 Å². The second-order valence-electron chi connectivity index (χ2n) is 6.89. The number of benzene rings is 1. The van der Waals surface area contributed by atoms with Gasteiger partial charge in [-0.15, -0.1) is 10.2 Å². The van der Waals surface area contributed by atoms with Crippen LogP contribution in [0.5, 0.6) is 0 Å². The lowest BCUT2D eigenvalue weighted by Gasteiger charge is -2.18. The lowest BCUT2D eigenvalue weighted by Crippen LogP contribution is -2.24. The first-order valence-corrected chi connectivity index (χ1v) is 10.9. The largest absolute Gasteiger partial charge is 0.459 e. The van der Waals surface area contributed by atoms with E-state index in [4.69, 9.17) is 4.74 Å². The molecule has 0 fully saturated rings. The molecule has 2 aromatic rings. The molecule has 7 heteroatoms. The highest BCUT2D eigenvalue weighted by Crippen LogP contribution is 2.31. The third-order valence-corrected chi connectivity index (χ3v) is 6.36. The standard InChI is InChI=1S/C18H24N2O2S3/c1-12(2)14-8-6-13(7-9-14)10-23-16-19-20-17(25-16)24-11-15(21)22-18(3,4)5/h6-9,12H,10-11H2,1-5H3. The molecule has 0 unspecified atom stereocenters. The average Bonchev–Trinajstić information content (AvgIpc) is 2.98. The molecule has 0 saturated heterocycles. The van der Waals surface area contributed by atoms with Gasteiger partial charge >= 0.3 is 5.97 Å². The summed E-state index contributed by atoms with van der Waals surface area (Å²) in [5.74, 6) is 1.44. The third kappa shape index (κ3) is 7.38. The van der Waals surface area contributed by atoms with E-state index >= 15 is 0 Å². The Bertz CT molecular complexity index is 691. The molecule has 0 bridgehead atoms. The molecule has 136 valence electrons. The van der Waals surface area contributed by atoms with Gasteiger partial charge in [0.05, 0.1) is 5.75 Å². The van der Waals surface area contributed by atoms with Gasteiger partial charge in [0.25, 0.3) is 0 Å². The van der Waals surface area contributed by atoms with Crippen LogP contribution in [0.1, 0.15) is 51.7 Å². The zero-order chi connectivity index (χ0) is 18.4. The molecular formula is C18H24N2O2S3. The number of esters is 1. The van der Waals surface area contributed by atoms with E-state index in [1.54, 1.807) is 11.8 Å². The van der Waals surface area contributed by atoms with Gasteiger partial charge in [0.15, 0.2) is 8.68 Å². The highest BCUT2D eigenvalue weighted by atomic mass is 32.2. The van der Waals surface area contributed by atoms with Gasteiger partial charge in [-0.25, -0.2) is 0 Å². The molecular weight excluding hydrogens is 372 g/mol. The van der Waals surface area contributed by atoms with Crippen molar-refractivity contribution in [3.8, 4) is 0 Å². The lowest BCUT2D eigenvalue weighted by molar-refractivity contribution is -0.151. The summed E-state index contributed by atoms with van der Waals surface area (Å²) in [7, 11) is 0. The highest BCUT2D eigenvalue weighted by molar-refractivity contribution is 8.03. The second-order valence-corrected chi connectivity index (χ2v) is 10.3. The van der Waals surface area contributed by atoms with Crippen LogP contribution in [-0.2, 0) is 15.3 Å². The molecule has 0 radical (unpaired) electrons. The van der Waals surface area contributed by atoms with Gasteiger partial charge in [-0.3, -0.25) is 4.79 Å². The molecule has 25 heavy (non-hydrogen) atoms. The monoisotopic (exact) mass is 396 g/mol. The van der Waals surface area contributed by atoms with Gasteiger partial charge in [-0.1, -0.05) is 73.0 Å². The molecule has 4 nitrogen and oxygen atoms in total. The Morgan fingerprint density at radius 3 is 2.28 bits per heavy atom. The fourth-order valence-electron chi connectivity index (χ4n) is 1.95. The molecule has 2 rings (SSSR count). The van der Waals surface area contributed by atoms with Crippen LogP contribution in [-0.4, -0.2) is 27.5 Å². The van der Waals surface area contributed by atoms with Crippen molar-refractivity contribution in [2.45, 2.75) is 60.6 Å². The predicted molar refractivity (Wildman–Crippen MR) is 107 cm³/mol. The molecule has 0 N–H and O–H groups in total. The Kier molecular flexibility index (Phi) is 7.34. The van der Waals surface area contributed by atoms with Crippen LogP contribution in [0.2, 0.25) is 0 Å². The van der Waals surface area contributed by atoms with E-state index in [9.17, 15) is 4.79 Å². The summed E-state index contributed by atoms with van der Waals surface area (Å²) in [6, 6.07) is 8.70. The van der Waals surface area contributed by atoms with Crippen LogP contribution >= 0.6 is 34.9 Å². The van der Waals surface area contributed by atoms with E-state index in [-0.39, 0.29) is 11.7 Å². The minimum absolute atomic E-state index is 0.229. The smallest absolute Gasteiger partial charge is 0.316 e. The number of thioether (sulfide) groups is 2. The molecule has 0 atom stereocenters. The maximum Gasteiger partial charge on any atom is 0.316 e. The van der Waals surface area contributed by atoms with Crippen LogP contribution in [0.25, 0.3) is 0 Å². The summed E-state index contributed by atoms with van der Waals surface area (Å²) in [6.07, 6.45) is 0. The average molecular weight is 397 g/mol. The van der Waals surface area contributed by atoms with Crippen molar-refractivity contribution in [2.75, 3.05) is 5.75 Å². The fraction of sp³-hybridized carbons (Fsp3) is 0.500. The highest BCUT2D eigenvalue weighted by Gasteiger charge is 2.17. The number of aromatic nitrogens is 2. The molecule has 0 aliphatic carbocycles. The fourth-order valence-corrected chi connectivity index (χ4v) is 4.70. The Hall–Kier alpha value is -1.05. The maximum absolute atomic E-state index is 11.7.